The summed E-state index contributed by atoms with van der Waals surface area (Å²) in [5.74, 6) is 0. The van der Waals surface area contributed by atoms with Gasteiger partial charge < -0.3 is 10.6 Å². The molecule has 1 heterocycles. The molecule has 0 unspecified atom stereocenters. The maximum absolute atomic E-state index is 3.27. The Morgan fingerprint density at radius 1 is 1.18 bits per heavy atom. The molecular weight excluding hydrogens is 136 g/mol. The zero-order valence-electron chi connectivity index (χ0n) is 6.80. The smallest absolute Gasteiger partial charge is 0.0317 e. The van der Waals surface area contributed by atoms with Crippen molar-refractivity contribution < 1.29 is 0 Å². The van der Waals surface area contributed by atoms with Crippen LogP contribution in [0.5, 0.6) is 0 Å². The van der Waals surface area contributed by atoms with Crippen LogP contribution in [0.1, 0.15) is 6.92 Å². The molecule has 0 spiro atoms. The molecule has 0 saturated carbocycles. The van der Waals surface area contributed by atoms with Crippen molar-refractivity contribution in [2.45, 2.75) is 6.92 Å². The van der Waals surface area contributed by atoms with Gasteiger partial charge in [-0.25, -0.2) is 0 Å². The molecule has 0 aromatic rings. The summed E-state index contributed by atoms with van der Waals surface area (Å²) in [5.41, 5.74) is 1.21. The van der Waals surface area contributed by atoms with Crippen LogP contribution >= 0.6 is 0 Å². The van der Waals surface area contributed by atoms with Crippen LogP contribution in [0.2, 0.25) is 0 Å². The Hall–Kier alpha value is -1.18. The second-order valence-corrected chi connectivity index (χ2v) is 2.47. The Balaban J connectivity index is 2.53. The summed E-state index contributed by atoms with van der Waals surface area (Å²) < 4.78 is 0. The fourth-order valence-electron chi connectivity index (χ4n) is 0.862. The molecule has 2 nitrogen and oxygen atoms in total. The molecule has 0 fully saturated rings. The first-order valence-corrected chi connectivity index (χ1v) is 3.87. The van der Waals surface area contributed by atoms with E-state index in [9.17, 15) is 0 Å². The molecule has 0 aromatic carbocycles. The van der Waals surface area contributed by atoms with Crippen molar-refractivity contribution >= 4 is 0 Å². The monoisotopic (exact) mass is 150 g/mol. The molecule has 1 aliphatic rings. The SMILES string of the molecule is C\C1=C/C=C\C=C\NCCN1. The van der Waals surface area contributed by atoms with Gasteiger partial charge in [-0.2, -0.15) is 0 Å². The average Bonchev–Trinajstić information content (AvgIpc) is 2.03. The van der Waals surface area contributed by atoms with Gasteiger partial charge in [0.2, 0.25) is 0 Å². The zero-order valence-corrected chi connectivity index (χ0v) is 6.80. The van der Waals surface area contributed by atoms with Crippen LogP contribution < -0.4 is 10.6 Å². The van der Waals surface area contributed by atoms with Crippen molar-refractivity contribution in [1.29, 1.82) is 0 Å². The number of allylic oxidation sites excluding steroid dienone is 5. The molecular formula is C9H14N2. The summed E-state index contributed by atoms with van der Waals surface area (Å²) in [6, 6.07) is 0. The van der Waals surface area contributed by atoms with Gasteiger partial charge in [0.05, 0.1) is 0 Å². The Kier molecular flexibility index (Phi) is 3.32. The van der Waals surface area contributed by atoms with E-state index in [1.165, 1.54) is 5.70 Å². The summed E-state index contributed by atoms with van der Waals surface area (Å²) >= 11 is 0. The standard InChI is InChI=1S/C9H14N2/c1-9-5-3-2-4-6-10-7-8-11-9/h2-6,10-11H,7-8H2,1H3/b3-2-,6-4+,9-5+. The molecule has 0 atom stereocenters. The van der Waals surface area contributed by atoms with Gasteiger partial charge in [-0.3, -0.25) is 0 Å². The van der Waals surface area contributed by atoms with E-state index in [0.717, 1.165) is 13.1 Å². The fraction of sp³-hybridized carbons (Fsp3) is 0.333. The van der Waals surface area contributed by atoms with E-state index in [1.54, 1.807) is 0 Å². The highest BCUT2D eigenvalue weighted by molar-refractivity contribution is 5.14. The first-order chi connectivity index (χ1) is 5.39. The predicted molar refractivity (Wildman–Crippen MR) is 48.0 cm³/mol. The fourth-order valence-corrected chi connectivity index (χ4v) is 0.862. The second-order valence-electron chi connectivity index (χ2n) is 2.47. The highest BCUT2D eigenvalue weighted by Crippen LogP contribution is 1.88. The molecule has 0 saturated heterocycles. The lowest BCUT2D eigenvalue weighted by molar-refractivity contribution is 0.738. The highest BCUT2D eigenvalue weighted by atomic mass is 14.9. The minimum Gasteiger partial charge on any atom is -0.389 e. The summed E-state index contributed by atoms with van der Waals surface area (Å²) in [7, 11) is 0. The van der Waals surface area contributed by atoms with E-state index in [4.69, 9.17) is 0 Å². The van der Waals surface area contributed by atoms with Crippen LogP contribution in [0.4, 0.5) is 0 Å². The molecule has 0 aromatic heterocycles. The number of hydrogen-bond acceptors (Lipinski definition) is 2. The van der Waals surface area contributed by atoms with Crippen LogP contribution in [0.25, 0.3) is 0 Å². The Bertz CT molecular complexity index is 190. The molecule has 0 radical (unpaired) electrons. The number of rotatable bonds is 0. The van der Waals surface area contributed by atoms with E-state index >= 15 is 0 Å². The van der Waals surface area contributed by atoms with E-state index in [-0.39, 0.29) is 0 Å². The van der Waals surface area contributed by atoms with Crippen molar-refractivity contribution in [3.63, 3.8) is 0 Å². The average molecular weight is 150 g/mol. The molecule has 0 aliphatic carbocycles. The topological polar surface area (TPSA) is 24.1 Å². The maximum atomic E-state index is 3.27. The third-order valence-electron chi connectivity index (χ3n) is 1.46. The largest absolute Gasteiger partial charge is 0.389 e. The Morgan fingerprint density at radius 2 is 2.09 bits per heavy atom. The third kappa shape index (κ3) is 3.50. The molecule has 1 aliphatic heterocycles. The lowest BCUT2D eigenvalue weighted by Gasteiger charge is -2.06. The summed E-state index contributed by atoms with van der Waals surface area (Å²) in [4.78, 5) is 0. The molecule has 2 heteroatoms. The van der Waals surface area contributed by atoms with Gasteiger partial charge in [-0.15, -0.1) is 0 Å². The molecule has 60 valence electrons. The van der Waals surface area contributed by atoms with E-state index in [0.29, 0.717) is 0 Å². The number of hydrogen-bond donors (Lipinski definition) is 2. The minimum absolute atomic E-state index is 0.968. The van der Waals surface area contributed by atoms with Gasteiger partial charge in [-0.05, 0) is 25.3 Å². The predicted octanol–water partition coefficient (Wildman–Crippen LogP) is 1.15. The number of nitrogens with one attached hydrogen (secondary N) is 2. The van der Waals surface area contributed by atoms with Crippen molar-refractivity contribution in [3.8, 4) is 0 Å². The zero-order chi connectivity index (χ0) is 7.94. The molecule has 0 amide bonds. The van der Waals surface area contributed by atoms with E-state index < -0.39 is 0 Å². The lowest BCUT2D eigenvalue weighted by atomic mass is 10.3. The lowest BCUT2D eigenvalue weighted by Crippen LogP contribution is -2.23. The van der Waals surface area contributed by atoms with Gasteiger partial charge in [0.25, 0.3) is 0 Å². The minimum atomic E-state index is 0.968. The Labute approximate surface area is 67.7 Å². The van der Waals surface area contributed by atoms with Crippen LogP contribution in [0.3, 0.4) is 0 Å². The van der Waals surface area contributed by atoms with Crippen molar-refractivity contribution in [3.05, 3.63) is 36.2 Å². The van der Waals surface area contributed by atoms with Crippen molar-refractivity contribution in [1.82, 2.24) is 10.6 Å². The Morgan fingerprint density at radius 3 is 3.00 bits per heavy atom. The molecule has 2 N–H and O–H groups in total. The molecule has 11 heavy (non-hydrogen) atoms. The van der Waals surface area contributed by atoms with Crippen LogP contribution in [-0.4, -0.2) is 13.1 Å². The summed E-state index contributed by atoms with van der Waals surface area (Å²) in [6.07, 6.45) is 10.0. The molecule has 0 bridgehead atoms. The van der Waals surface area contributed by atoms with Crippen LogP contribution in [-0.2, 0) is 0 Å². The van der Waals surface area contributed by atoms with Gasteiger partial charge in [-0.1, -0.05) is 12.2 Å². The van der Waals surface area contributed by atoms with Crippen LogP contribution in [0, 0.1) is 0 Å². The molecule has 1 rings (SSSR count). The third-order valence-corrected chi connectivity index (χ3v) is 1.46. The first kappa shape index (κ1) is 7.92. The van der Waals surface area contributed by atoms with Gasteiger partial charge in [0.15, 0.2) is 0 Å². The van der Waals surface area contributed by atoms with Gasteiger partial charge in [0, 0.05) is 18.8 Å². The van der Waals surface area contributed by atoms with Crippen molar-refractivity contribution in [2.75, 3.05) is 13.1 Å². The second kappa shape index (κ2) is 4.61. The first-order valence-electron chi connectivity index (χ1n) is 3.87. The van der Waals surface area contributed by atoms with E-state index in [1.807, 2.05) is 24.4 Å². The van der Waals surface area contributed by atoms with Gasteiger partial charge >= 0.3 is 0 Å². The van der Waals surface area contributed by atoms with E-state index in [2.05, 4.69) is 23.6 Å². The normalized spacial score (nSPS) is 28.6. The van der Waals surface area contributed by atoms with Crippen molar-refractivity contribution in [2.24, 2.45) is 0 Å². The van der Waals surface area contributed by atoms with Gasteiger partial charge in [0.1, 0.15) is 0 Å². The maximum Gasteiger partial charge on any atom is 0.0317 e. The summed E-state index contributed by atoms with van der Waals surface area (Å²) in [5, 5.41) is 6.42. The quantitative estimate of drug-likeness (QED) is 0.541. The summed E-state index contributed by atoms with van der Waals surface area (Å²) in [6.45, 7) is 4.01. The van der Waals surface area contributed by atoms with Crippen LogP contribution in [0.15, 0.2) is 36.2 Å². The highest BCUT2D eigenvalue weighted by Gasteiger charge is 1.85.